The maximum atomic E-state index is 13.3. The van der Waals surface area contributed by atoms with E-state index in [1.165, 1.54) is 24.3 Å². The van der Waals surface area contributed by atoms with Gasteiger partial charge in [-0.15, -0.1) is 0 Å². The Morgan fingerprint density at radius 3 is 2.00 bits per heavy atom. The van der Waals surface area contributed by atoms with Gasteiger partial charge in [0.2, 0.25) is 0 Å². The Labute approximate surface area is 155 Å². The molecule has 0 bridgehead atoms. The van der Waals surface area contributed by atoms with Gasteiger partial charge in [-0.05, 0) is 59.7 Å². The minimum Gasteiger partial charge on any atom is -0.257 e. The SMILES string of the molecule is Fc1ccc(C2=NN(c3ccc(Cl)cc3)C(c3ccc(F)cc3)C2)cc1. The van der Waals surface area contributed by atoms with Gasteiger partial charge in [0.05, 0.1) is 17.4 Å². The van der Waals surface area contributed by atoms with E-state index in [4.69, 9.17) is 16.7 Å². The molecule has 26 heavy (non-hydrogen) atoms. The molecule has 5 heteroatoms. The second-order valence-corrected chi connectivity index (χ2v) is 6.58. The van der Waals surface area contributed by atoms with Crippen LogP contribution in [0.3, 0.4) is 0 Å². The van der Waals surface area contributed by atoms with Gasteiger partial charge in [0.1, 0.15) is 11.6 Å². The fourth-order valence-electron chi connectivity index (χ4n) is 3.10. The largest absolute Gasteiger partial charge is 0.257 e. The highest BCUT2D eigenvalue weighted by Gasteiger charge is 2.29. The monoisotopic (exact) mass is 368 g/mol. The Morgan fingerprint density at radius 2 is 1.38 bits per heavy atom. The molecular weight excluding hydrogens is 354 g/mol. The number of hydrogen-bond acceptors (Lipinski definition) is 2. The summed E-state index contributed by atoms with van der Waals surface area (Å²) < 4.78 is 26.6. The second kappa shape index (κ2) is 6.89. The first kappa shape index (κ1) is 16.7. The van der Waals surface area contributed by atoms with E-state index in [1.807, 2.05) is 29.3 Å². The molecule has 0 aliphatic carbocycles. The summed E-state index contributed by atoms with van der Waals surface area (Å²) in [5.41, 5.74) is 3.58. The summed E-state index contributed by atoms with van der Waals surface area (Å²) >= 11 is 6.00. The molecule has 3 aromatic rings. The molecule has 0 radical (unpaired) electrons. The third-order valence-corrected chi connectivity index (χ3v) is 4.69. The molecule has 0 N–H and O–H groups in total. The van der Waals surface area contributed by atoms with E-state index in [1.54, 1.807) is 24.3 Å². The molecule has 0 saturated carbocycles. The molecule has 1 unspecified atom stereocenters. The first-order chi connectivity index (χ1) is 12.6. The minimum atomic E-state index is -0.281. The topological polar surface area (TPSA) is 15.6 Å². The van der Waals surface area contributed by atoms with Gasteiger partial charge in [-0.3, -0.25) is 5.01 Å². The molecular formula is C21H15ClF2N2. The van der Waals surface area contributed by atoms with Crippen LogP contribution in [0.15, 0.2) is 77.9 Å². The van der Waals surface area contributed by atoms with E-state index in [-0.39, 0.29) is 17.7 Å². The van der Waals surface area contributed by atoms with Crippen molar-refractivity contribution in [1.29, 1.82) is 0 Å². The summed E-state index contributed by atoms with van der Waals surface area (Å²) in [5.74, 6) is -0.554. The van der Waals surface area contributed by atoms with Crippen LogP contribution in [-0.2, 0) is 0 Å². The van der Waals surface area contributed by atoms with Crippen LogP contribution in [0.1, 0.15) is 23.6 Å². The van der Waals surface area contributed by atoms with Crippen molar-refractivity contribution in [3.63, 3.8) is 0 Å². The fraction of sp³-hybridized carbons (Fsp3) is 0.0952. The summed E-state index contributed by atoms with van der Waals surface area (Å²) in [5, 5.41) is 7.31. The predicted molar refractivity (Wildman–Crippen MR) is 101 cm³/mol. The molecule has 0 spiro atoms. The van der Waals surface area contributed by atoms with Crippen molar-refractivity contribution in [3.8, 4) is 0 Å². The Kier molecular flexibility index (Phi) is 4.43. The molecule has 130 valence electrons. The number of hydrazone groups is 1. The second-order valence-electron chi connectivity index (χ2n) is 6.15. The highest BCUT2D eigenvalue weighted by molar-refractivity contribution is 6.30. The van der Waals surface area contributed by atoms with Gasteiger partial charge < -0.3 is 0 Å². The lowest BCUT2D eigenvalue weighted by atomic mass is 9.98. The fourth-order valence-corrected chi connectivity index (χ4v) is 3.23. The van der Waals surface area contributed by atoms with Gasteiger partial charge >= 0.3 is 0 Å². The molecule has 1 atom stereocenters. The van der Waals surface area contributed by atoms with Gasteiger partial charge in [-0.1, -0.05) is 35.9 Å². The van der Waals surface area contributed by atoms with Crippen LogP contribution < -0.4 is 5.01 Å². The minimum absolute atomic E-state index is 0.0724. The van der Waals surface area contributed by atoms with E-state index in [9.17, 15) is 8.78 Å². The Hall–Kier alpha value is -2.72. The first-order valence-electron chi connectivity index (χ1n) is 8.24. The van der Waals surface area contributed by atoms with Gasteiger partial charge in [-0.25, -0.2) is 8.78 Å². The molecule has 4 rings (SSSR count). The summed E-state index contributed by atoms with van der Waals surface area (Å²) in [6.07, 6.45) is 0.639. The van der Waals surface area contributed by atoms with Crippen LogP contribution in [0.4, 0.5) is 14.5 Å². The van der Waals surface area contributed by atoms with E-state index in [0.29, 0.717) is 11.4 Å². The zero-order chi connectivity index (χ0) is 18.1. The van der Waals surface area contributed by atoms with Crippen LogP contribution in [-0.4, -0.2) is 5.71 Å². The standard InChI is InChI=1S/C21H15ClF2N2/c22-16-5-11-19(12-6-16)26-21(15-3-9-18(24)10-4-15)13-20(25-26)14-1-7-17(23)8-2-14/h1-12,21H,13H2. The maximum absolute atomic E-state index is 13.3. The number of halogens is 3. The maximum Gasteiger partial charge on any atom is 0.123 e. The highest BCUT2D eigenvalue weighted by atomic mass is 35.5. The van der Waals surface area contributed by atoms with Crippen LogP contribution in [0, 0.1) is 11.6 Å². The zero-order valence-electron chi connectivity index (χ0n) is 13.7. The average molecular weight is 369 g/mol. The van der Waals surface area contributed by atoms with Crippen molar-refractivity contribution >= 4 is 23.0 Å². The van der Waals surface area contributed by atoms with Gasteiger partial charge in [0, 0.05) is 11.4 Å². The van der Waals surface area contributed by atoms with E-state index in [0.717, 1.165) is 22.5 Å². The van der Waals surface area contributed by atoms with Crippen LogP contribution in [0.2, 0.25) is 5.02 Å². The predicted octanol–water partition coefficient (Wildman–Crippen LogP) is 5.97. The van der Waals surface area contributed by atoms with Gasteiger partial charge in [0.25, 0.3) is 0 Å². The summed E-state index contributed by atoms with van der Waals surface area (Å²) in [4.78, 5) is 0. The van der Waals surface area contributed by atoms with Gasteiger partial charge in [0.15, 0.2) is 0 Å². The molecule has 1 heterocycles. The molecule has 0 amide bonds. The van der Waals surface area contributed by atoms with Crippen molar-refractivity contribution in [3.05, 3.63) is 101 Å². The van der Waals surface area contributed by atoms with Crippen LogP contribution >= 0.6 is 11.6 Å². The lowest BCUT2D eigenvalue weighted by molar-refractivity contribution is 0.624. The number of rotatable bonds is 3. The third-order valence-electron chi connectivity index (χ3n) is 4.43. The number of nitrogens with zero attached hydrogens (tertiary/aromatic N) is 2. The van der Waals surface area contributed by atoms with Crippen molar-refractivity contribution < 1.29 is 8.78 Å². The zero-order valence-corrected chi connectivity index (χ0v) is 14.5. The van der Waals surface area contributed by atoms with Crippen molar-refractivity contribution in [2.75, 3.05) is 5.01 Å². The van der Waals surface area contributed by atoms with Crippen LogP contribution in [0.25, 0.3) is 0 Å². The van der Waals surface area contributed by atoms with Crippen molar-refractivity contribution in [2.45, 2.75) is 12.5 Å². The normalized spacial score (nSPS) is 16.7. The summed E-state index contributed by atoms with van der Waals surface area (Å²) in [6.45, 7) is 0. The number of anilines is 1. The first-order valence-corrected chi connectivity index (χ1v) is 8.61. The Morgan fingerprint density at radius 1 is 0.808 bits per heavy atom. The van der Waals surface area contributed by atoms with Gasteiger partial charge in [-0.2, -0.15) is 5.10 Å². The molecule has 1 aliphatic rings. The Balaban J connectivity index is 1.74. The summed E-state index contributed by atoms with van der Waals surface area (Å²) in [6, 6.07) is 20.1. The highest BCUT2D eigenvalue weighted by Crippen LogP contribution is 2.37. The molecule has 0 aromatic heterocycles. The molecule has 0 saturated heterocycles. The molecule has 0 fully saturated rings. The quantitative estimate of drug-likeness (QED) is 0.555. The average Bonchev–Trinajstić information content (AvgIpc) is 3.09. The van der Waals surface area contributed by atoms with E-state index < -0.39 is 0 Å². The van der Waals surface area contributed by atoms with E-state index >= 15 is 0 Å². The Bertz CT molecular complexity index is 935. The lowest BCUT2D eigenvalue weighted by Crippen LogP contribution is -2.18. The molecule has 2 nitrogen and oxygen atoms in total. The molecule has 1 aliphatic heterocycles. The van der Waals surface area contributed by atoms with E-state index in [2.05, 4.69) is 0 Å². The number of hydrogen-bond donors (Lipinski definition) is 0. The molecule has 3 aromatic carbocycles. The smallest absolute Gasteiger partial charge is 0.123 e. The van der Waals surface area contributed by atoms with Crippen molar-refractivity contribution in [1.82, 2.24) is 0 Å². The van der Waals surface area contributed by atoms with Crippen LogP contribution in [0.5, 0.6) is 0 Å². The summed E-state index contributed by atoms with van der Waals surface area (Å²) in [7, 11) is 0. The lowest BCUT2D eigenvalue weighted by Gasteiger charge is -2.24. The number of benzene rings is 3. The third kappa shape index (κ3) is 3.33. The van der Waals surface area contributed by atoms with Crippen molar-refractivity contribution in [2.24, 2.45) is 5.10 Å².